The highest BCUT2D eigenvalue weighted by Crippen LogP contribution is 2.39. The van der Waals surface area contributed by atoms with Crippen LogP contribution in [-0.2, 0) is 16.1 Å². The van der Waals surface area contributed by atoms with E-state index in [2.05, 4.69) is 4.90 Å². The Labute approximate surface area is 132 Å². The molecule has 116 valence electrons. The molecule has 2 rings (SSSR count). The van der Waals surface area contributed by atoms with Gasteiger partial charge < -0.3 is 9.64 Å². The highest BCUT2D eigenvalue weighted by Gasteiger charge is 2.53. The molecular weight excluding hydrogens is 286 g/mol. The molecule has 1 aliphatic heterocycles. The van der Waals surface area contributed by atoms with Crippen LogP contribution in [0.4, 0.5) is 0 Å². The fourth-order valence-corrected chi connectivity index (χ4v) is 3.35. The van der Waals surface area contributed by atoms with E-state index < -0.39 is 11.2 Å². The van der Waals surface area contributed by atoms with E-state index in [0.717, 1.165) is 17.1 Å². The quantitative estimate of drug-likeness (QED) is 0.852. The molecule has 1 aromatic carbocycles. The van der Waals surface area contributed by atoms with Gasteiger partial charge in [-0.3, -0.25) is 4.79 Å². The van der Waals surface area contributed by atoms with E-state index in [1.54, 1.807) is 0 Å². The summed E-state index contributed by atoms with van der Waals surface area (Å²) < 4.78 is 5.93. The first kappa shape index (κ1) is 16.5. The first-order chi connectivity index (χ1) is 9.62. The fraction of sp³-hybridized carbons (Fsp3) is 0.588. The van der Waals surface area contributed by atoms with E-state index in [4.69, 9.17) is 16.3 Å². The summed E-state index contributed by atoms with van der Waals surface area (Å²) in [6.45, 7) is 9.15. The maximum absolute atomic E-state index is 12.5. The zero-order chi connectivity index (χ0) is 15.8. The number of nitrogens with zero attached hydrogens (tertiary/aromatic N) is 1. The largest absolute Gasteiger partial charge is 0.361 e. The lowest BCUT2D eigenvalue weighted by Crippen LogP contribution is -2.39. The molecule has 0 spiro atoms. The molecule has 0 bridgehead atoms. The minimum Gasteiger partial charge on any atom is -0.361 e. The third-order valence-electron chi connectivity index (χ3n) is 4.10. The van der Waals surface area contributed by atoms with Gasteiger partial charge in [-0.2, -0.15) is 0 Å². The number of halogens is 1. The fourth-order valence-electron chi connectivity index (χ4n) is 3.14. The molecule has 0 radical (unpaired) electrons. The predicted octanol–water partition coefficient (Wildman–Crippen LogP) is 3.54. The van der Waals surface area contributed by atoms with Crippen LogP contribution in [0.3, 0.4) is 0 Å². The second-order valence-corrected chi connectivity index (χ2v) is 7.40. The lowest BCUT2D eigenvalue weighted by Gasteiger charge is -2.28. The van der Waals surface area contributed by atoms with Gasteiger partial charge in [0.2, 0.25) is 0 Å². The van der Waals surface area contributed by atoms with Crippen LogP contribution < -0.4 is 0 Å². The number of Topliss-reactive ketones (excluding diaryl/α,β-unsaturated/α-hetero) is 1. The van der Waals surface area contributed by atoms with E-state index in [1.807, 2.05) is 59.0 Å². The summed E-state index contributed by atoms with van der Waals surface area (Å²) in [7, 11) is 2.02. The summed E-state index contributed by atoms with van der Waals surface area (Å²) >= 11 is 6.01. The minimum atomic E-state index is -0.689. The Morgan fingerprint density at radius 1 is 1.29 bits per heavy atom. The van der Waals surface area contributed by atoms with Crippen molar-refractivity contribution >= 4 is 17.4 Å². The topological polar surface area (TPSA) is 29.5 Å². The monoisotopic (exact) mass is 309 g/mol. The second-order valence-electron chi connectivity index (χ2n) is 6.96. The van der Waals surface area contributed by atoms with Crippen molar-refractivity contribution in [1.82, 2.24) is 4.90 Å². The maximum atomic E-state index is 12.5. The van der Waals surface area contributed by atoms with E-state index in [1.165, 1.54) is 0 Å². The van der Waals surface area contributed by atoms with Crippen LogP contribution in [0.15, 0.2) is 24.3 Å². The van der Waals surface area contributed by atoms with Crippen molar-refractivity contribution in [2.24, 2.45) is 5.92 Å². The third kappa shape index (κ3) is 3.65. The molecular formula is C17H24ClNO2. The summed E-state index contributed by atoms with van der Waals surface area (Å²) in [6, 6.07) is 7.82. The molecule has 3 nitrogen and oxygen atoms in total. The molecule has 0 saturated carbocycles. The normalized spacial score (nSPS) is 23.8. The van der Waals surface area contributed by atoms with Crippen molar-refractivity contribution in [2.45, 2.75) is 45.4 Å². The van der Waals surface area contributed by atoms with Gasteiger partial charge in [-0.25, -0.2) is 0 Å². The number of rotatable bonds is 4. The molecule has 1 unspecified atom stereocenters. The Kier molecular flexibility index (Phi) is 4.48. The van der Waals surface area contributed by atoms with Gasteiger partial charge >= 0.3 is 0 Å². The summed E-state index contributed by atoms with van der Waals surface area (Å²) in [5, 5.41) is 0.739. The molecule has 21 heavy (non-hydrogen) atoms. The van der Waals surface area contributed by atoms with Crippen molar-refractivity contribution in [3.8, 4) is 0 Å². The van der Waals surface area contributed by atoms with Gasteiger partial charge in [0.25, 0.3) is 0 Å². The summed E-state index contributed by atoms with van der Waals surface area (Å²) in [5.41, 5.74) is 0.0299. The van der Waals surface area contributed by atoms with Gasteiger partial charge in [0.05, 0.1) is 11.5 Å². The van der Waals surface area contributed by atoms with Crippen LogP contribution in [0.2, 0.25) is 5.02 Å². The van der Waals surface area contributed by atoms with Crippen LogP contribution in [0.5, 0.6) is 0 Å². The number of hydrogen-bond donors (Lipinski definition) is 0. The molecule has 0 amide bonds. The van der Waals surface area contributed by atoms with Gasteiger partial charge in [0.1, 0.15) is 5.60 Å². The molecule has 1 aliphatic rings. The number of carbonyl (C=O) groups is 1. The third-order valence-corrected chi connectivity index (χ3v) is 4.34. The Morgan fingerprint density at radius 3 is 2.48 bits per heavy atom. The lowest BCUT2D eigenvalue weighted by molar-refractivity contribution is -0.132. The predicted molar refractivity (Wildman–Crippen MR) is 85.5 cm³/mol. The zero-order valence-electron chi connectivity index (χ0n) is 13.4. The highest BCUT2D eigenvalue weighted by molar-refractivity contribution is 6.30. The van der Waals surface area contributed by atoms with Gasteiger partial charge in [-0.05, 0) is 52.4 Å². The van der Waals surface area contributed by atoms with Crippen molar-refractivity contribution in [3.63, 3.8) is 0 Å². The smallest absolute Gasteiger partial charge is 0.171 e. The Bertz CT molecular complexity index is 539. The zero-order valence-corrected chi connectivity index (χ0v) is 14.2. The van der Waals surface area contributed by atoms with Crippen molar-refractivity contribution in [1.29, 1.82) is 0 Å². The van der Waals surface area contributed by atoms with E-state index in [0.29, 0.717) is 6.54 Å². The molecule has 1 fully saturated rings. The first-order valence-electron chi connectivity index (χ1n) is 7.29. The summed E-state index contributed by atoms with van der Waals surface area (Å²) in [5.74, 6) is 0.0714. The van der Waals surface area contributed by atoms with Crippen LogP contribution in [0.25, 0.3) is 0 Å². The molecule has 0 N–H and O–H groups in total. The van der Waals surface area contributed by atoms with Gasteiger partial charge in [-0.15, -0.1) is 0 Å². The van der Waals surface area contributed by atoms with Crippen molar-refractivity contribution in [3.05, 3.63) is 34.9 Å². The number of ether oxygens (including phenoxy) is 1. The molecule has 1 aromatic rings. The molecule has 4 heteroatoms. The summed E-state index contributed by atoms with van der Waals surface area (Å²) in [4.78, 5) is 14.7. The molecule has 0 aromatic heterocycles. The van der Waals surface area contributed by atoms with Crippen molar-refractivity contribution in [2.75, 3.05) is 13.6 Å². The lowest BCUT2D eigenvalue weighted by atomic mass is 9.85. The van der Waals surface area contributed by atoms with Gasteiger partial charge in [0, 0.05) is 18.1 Å². The SMILES string of the molecule is CN(Cc1cccc(Cl)c1)CC1C(=O)C(C)(C)OC1(C)C. The molecule has 1 heterocycles. The average Bonchev–Trinajstić information content (AvgIpc) is 2.47. The van der Waals surface area contributed by atoms with Crippen LogP contribution >= 0.6 is 11.6 Å². The van der Waals surface area contributed by atoms with Crippen molar-refractivity contribution < 1.29 is 9.53 Å². The van der Waals surface area contributed by atoms with E-state index in [-0.39, 0.29) is 11.7 Å². The van der Waals surface area contributed by atoms with Gasteiger partial charge in [0.15, 0.2) is 5.78 Å². The Hall–Kier alpha value is -0.900. The van der Waals surface area contributed by atoms with Crippen LogP contribution in [-0.4, -0.2) is 35.5 Å². The number of benzene rings is 1. The second kappa shape index (κ2) is 5.71. The van der Waals surface area contributed by atoms with Crippen LogP contribution in [0, 0.1) is 5.92 Å². The number of hydrogen-bond acceptors (Lipinski definition) is 3. The number of carbonyl (C=O) groups excluding carboxylic acids is 1. The number of ketones is 1. The standard InChI is InChI=1S/C17H24ClNO2/c1-16(2)14(15(20)17(3,4)21-16)11-19(5)10-12-7-6-8-13(18)9-12/h6-9,14H,10-11H2,1-5H3. The van der Waals surface area contributed by atoms with E-state index in [9.17, 15) is 4.79 Å². The summed E-state index contributed by atoms with van der Waals surface area (Å²) in [6.07, 6.45) is 0. The minimum absolute atomic E-state index is 0.114. The van der Waals surface area contributed by atoms with Gasteiger partial charge in [-0.1, -0.05) is 23.7 Å². The Balaban J connectivity index is 2.05. The molecule has 1 atom stereocenters. The highest BCUT2D eigenvalue weighted by atomic mass is 35.5. The average molecular weight is 310 g/mol. The van der Waals surface area contributed by atoms with Crippen LogP contribution in [0.1, 0.15) is 33.3 Å². The maximum Gasteiger partial charge on any atom is 0.171 e. The molecule has 1 saturated heterocycles. The first-order valence-corrected chi connectivity index (χ1v) is 7.67. The molecule has 0 aliphatic carbocycles. The Morgan fingerprint density at radius 2 is 1.95 bits per heavy atom. The van der Waals surface area contributed by atoms with E-state index >= 15 is 0 Å².